The smallest absolute Gasteiger partial charge is 0.417 e. The van der Waals surface area contributed by atoms with Gasteiger partial charge in [0.1, 0.15) is 18.2 Å². The van der Waals surface area contributed by atoms with Gasteiger partial charge in [0.05, 0.1) is 36.1 Å². The van der Waals surface area contributed by atoms with Crippen molar-refractivity contribution in [2.45, 2.75) is 23.7 Å². The Balaban J connectivity index is 1.68. The SMILES string of the molecule is O=C(O)N1CCN2c3ccc(-c4cc(F)cc(OC(F)F)c4)cc3N(S(=O)(=O)c3cc(C(F)(F)F)cnc3OCCO)C[C@@H]2C1. The first-order valence-corrected chi connectivity index (χ1v) is 14.6. The number of fused-ring (bicyclic) bond motifs is 3. The van der Waals surface area contributed by atoms with Crippen LogP contribution < -0.4 is 18.7 Å². The molecule has 1 aromatic heterocycles. The Labute approximate surface area is 251 Å². The minimum absolute atomic E-state index is 0.0244. The van der Waals surface area contributed by atoms with Crippen LogP contribution in [0.25, 0.3) is 11.1 Å². The van der Waals surface area contributed by atoms with Crippen LogP contribution >= 0.6 is 0 Å². The van der Waals surface area contributed by atoms with Crippen molar-refractivity contribution >= 4 is 27.5 Å². The molecule has 0 saturated carbocycles. The molecule has 242 valence electrons. The summed E-state index contributed by atoms with van der Waals surface area (Å²) in [5, 5.41) is 18.7. The molecule has 3 heterocycles. The molecule has 0 aliphatic carbocycles. The second-order valence-electron chi connectivity index (χ2n) is 9.97. The van der Waals surface area contributed by atoms with Gasteiger partial charge >= 0.3 is 18.9 Å². The molecule has 1 amide bonds. The van der Waals surface area contributed by atoms with Crippen molar-refractivity contribution < 1.29 is 59.2 Å². The van der Waals surface area contributed by atoms with E-state index in [2.05, 4.69) is 9.72 Å². The van der Waals surface area contributed by atoms with Gasteiger partial charge in [-0.1, -0.05) is 6.07 Å². The van der Waals surface area contributed by atoms with Crippen molar-refractivity contribution in [3.63, 3.8) is 0 Å². The van der Waals surface area contributed by atoms with E-state index in [0.717, 1.165) is 27.4 Å². The van der Waals surface area contributed by atoms with Gasteiger partial charge in [0.25, 0.3) is 10.0 Å². The fourth-order valence-electron chi connectivity index (χ4n) is 5.21. The summed E-state index contributed by atoms with van der Waals surface area (Å²) in [6, 6.07) is 6.60. The number of hydrogen-bond donors (Lipinski definition) is 2. The Morgan fingerprint density at radius 1 is 1.04 bits per heavy atom. The predicted octanol–water partition coefficient (Wildman–Crippen LogP) is 4.26. The van der Waals surface area contributed by atoms with Crippen LogP contribution in [0, 0.1) is 5.82 Å². The lowest BCUT2D eigenvalue weighted by Gasteiger charge is -2.48. The molecule has 2 N–H and O–H groups in total. The van der Waals surface area contributed by atoms with Crippen LogP contribution in [0.4, 0.5) is 42.5 Å². The number of carboxylic acid groups (broad SMARTS) is 1. The third-order valence-corrected chi connectivity index (χ3v) is 8.93. The summed E-state index contributed by atoms with van der Waals surface area (Å²) < 4.78 is 120. The third kappa shape index (κ3) is 6.51. The zero-order chi connectivity index (χ0) is 32.7. The number of halogens is 6. The van der Waals surface area contributed by atoms with E-state index in [9.17, 15) is 49.8 Å². The number of aliphatic hydroxyl groups is 1. The fraction of sp³-hybridized carbons (Fsp3) is 0.333. The summed E-state index contributed by atoms with van der Waals surface area (Å²) in [6.45, 7) is -4.72. The summed E-state index contributed by atoms with van der Waals surface area (Å²) >= 11 is 0. The van der Waals surface area contributed by atoms with Crippen LogP contribution in [-0.2, 0) is 16.2 Å². The molecule has 2 aromatic carbocycles. The highest BCUT2D eigenvalue weighted by Crippen LogP contribution is 2.44. The number of anilines is 2. The summed E-state index contributed by atoms with van der Waals surface area (Å²) in [6.07, 6.45) is -5.86. The van der Waals surface area contributed by atoms with E-state index in [1.807, 2.05) is 0 Å². The van der Waals surface area contributed by atoms with Crippen LogP contribution in [0.15, 0.2) is 53.6 Å². The number of hydrogen-bond acceptors (Lipinski definition) is 8. The van der Waals surface area contributed by atoms with Crippen LogP contribution in [0.5, 0.6) is 11.6 Å². The zero-order valence-electron chi connectivity index (χ0n) is 22.9. The number of nitrogens with zero attached hydrogens (tertiary/aromatic N) is 4. The topological polar surface area (TPSA) is 133 Å². The van der Waals surface area contributed by atoms with Crippen molar-refractivity contribution in [2.24, 2.45) is 0 Å². The van der Waals surface area contributed by atoms with E-state index < -0.39 is 82.6 Å². The zero-order valence-corrected chi connectivity index (χ0v) is 23.7. The first-order valence-electron chi connectivity index (χ1n) is 13.2. The molecule has 1 saturated heterocycles. The number of amides is 1. The number of rotatable bonds is 8. The van der Waals surface area contributed by atoms with E-state index in [-0.39, 0.29) is 42.1 Å². The highest BCUT2D eigenvalue weighted by Gasteiger charge is 2.43. The van der Waals surface area contributed by atoms with Gasteiger partial charge in [-0.3, -0.25) is 4.31 Å². The maximum atomic E-state index is 14.4. The normalized spacial score (nSPS) is 16.8. The number of piperazine rings is 1. The molecule has 2 aliphatic rings. The highest BCUT2D eigenvalue weighted by molar-refractivity contribution is 7.93. The number of benzene rings is 2. The lowest BCUT2D eigenvalue weighted by molar-refractivity contribution is -0.138. The molecule has 0 spiro atoms. The molecule has 45 heavy (non-hydrogen) atoms. The quantitative estimate of drug-likeness (QED) is 0.340. The maximum Gasteiger partial charge on any atom is 0.417 e. The van der Waals surface area contributed by atoms with E-state index in [1.165, 1.54) is 18.2 Å². The van der Waals surface area contributed by atoms with Gasteiger partial charge in [-0.2, -0.15) is 22.0 Å². The molecule has 0 bridgehead atoms. The van der Waals surface area contributed by atoms with Gasteiger partial charge in [0.15, 0.2) is 4.90 Å². The average molecular weight is 663 g/mol. The Morgan fingerprint density at radius 3 is 2.47 bits per heavy atom. The largest absolute Gasteiger partial charge is 0.474 e. The lowest BCUT2D eigenvalue weighted by atomic mass is 10.00. The minimum Gasteiger partial charge on any atom is -0.474 e. The van der Waals surface area contributed by atoms with E-state index in [4.69, 9.17) is 4.74 Å². The maximum absolute atomic E-state index is 14.4. The fourth-order valence-corrected chi connectivity index (χ4v) is 6.83. The van der Waals surface area contributed by atoms with Crippen molar-refractivity contribution in [2.75, 3.05) is 48.6 Å². The van der Waals surface area contributed by atoms with Crippen molar-refractivity contribution in [1.29, 1.82) is 0 Å². The summed E-state index contributed by atoms with van der Waals surface area (Å²) in [7, 11) is -4.97. The molecule has 1 atom stereocenters. The van der Waals surface area contributed by atoms with Gasteiger partial charge in [0, 0.05) is 31.9 Å². The van der Waals surface area contributed by atoms with Gasteiger partial charge in [-0.15, -0.1) is 0 Å². The Morgan fingerprint density at radius 2 is 1.80 bits per heavy atom. The number of aliphatic hydroxyl groups excluding tert-OH is 1. The van der Waals surface area contributed by atoms with Crippen molar-refractivity contribution in [1.82, 2.24) is 9.88 Å². The van der Waals surface area contributed by atoms with E-state index in [0.29, 0.717) is 12.3 Å². The number of ether oxygens (including phenoxy) is 2. The van der Waals surface area contributed by atoms with Crippen LogP contribution in [0.3, 0.4) is 0 Å². The van der Waals surface area contributed by atoms with Gasteiger partial charge in [-0.25, -0.2) is 22.6 Å². The molecular formula is C27H24F6N4O7S. The van der Waals surface area contributed by atoms with Crippen molar-refractivity contribution in [3.8, 4) is 22.8 Å². The molecule has 5 rings (SSSR count). The summed E-state index contributed by atoms with van der Waals surface area (Å²) in [5.41, 5.74) is -1.03. The number of pyridine rings is 1. The second-order valence-corrected chi connectivity index (χ2v) is 11.8. The first-order chi connectivity index (χ1) is 21.2. The summed E-state index contributed by atoms with van der Waals surface area (Å²) in [4.78, 5) is 17.1. The molecule has 1 fully saturated rings. The van der Waals surface area contributed by atoms with Crippen molar-refractivity contribution in [3.05, 3.63) is 60.0 Å². The third-order valence-electron chi connectivity index (χ3n) is 7.16. The number of carbonyl (C=O) groups is 1. The molecule has 2 aliphatic heterocycles. The highest BCUT2D eigenvalue weighted by atomic mass is 32.2. The average Bonchev–Trinajstić information content (AvgIpc) is 2.97. The molecule has 0 unspecified atom stereocenters. The van der Waals surface area contributed by atoms with Crippen LogP contribution in [0.2, 0.25) is 0 Å². The number of aromatic nitrogens is 1. The lowest BCUT2D eigenvalue weighted by Crippen LogP contribution is -2.61. The molecule has 0 radical (unpaired) electrons. The number of alkyl halides is 5. The van der Waals surface area contributed by atoms with Crippen LogP contribution in [-0.4, -0.2) is 86.7 Å². The Hall–Kier alpha value is -4.45. The summed E-state index contributed by atoms with van der Waals surface area (Å²) in [5.74, 6) is -2.16. The standard InChI is InChI=1S/C27H24F6N4O7S/c28-18-7-16(8-20(11-18)44-25(29)30)15-1-2-21-22(9-15)37(14-19-13-35(26(39)40)3-4-36(19)21)45(41,42)23-10-17(27(31,32)33)12-34-24(23)43-6-5-38/h1-2,7-12,19,25,38H,3-6,13-14H2,(H,39,40)/t19-/m0/s1. The molecule has 3 aromatic rings. The van der Waals surface area contributed by atoms with Gasteiger partial charge in [-0.05, 0) is 41.5 Å². The van der Waals surface area contributed by atoms with E-state index >= 15 is 0 Å². The first kappa shape index (κ1) is 32.0. The Bertz CT molecular complexity index is 1710. The van der Waals surface area contributed by atoms with Gasteiger partial charge in [0.2, 0.25) is 5.88 Å². The monoisotopic (exact) mass is 662 g/mol. The molecule has 18 heteroatoms. The van der Waals surface area contributed by atoms with Gasteiger partial charge < -0.3 is 29.5 Å². The molecular weight excluding hydrogens is 638 g/mol. The number of sulfonamides is 1. The second kappa shape index (κ2) is 12.2. The Kier molecular flexibility index (Phi) is 8.63. The predicted molar refractivity (Wildman–Crippen MR) is 146 cm³/mol. The van der Waals surface area contributed by atoms with E-state index in [1.54, 1.807) is 4.90 Å². The van der Waals surface area contributed by atoms with Crippen LogP contribution in [0.1, 0.15) is 5.56 Å². The minimum atomic E-state index is -4.99. The molecule has 11 nitrogen and oxygen atoms in total.